The normalized spacial score (nSPS) is 27.3. The van der Waals surface area contributed by atoms with Crippen LogP contribution in [-0.4, -0.2) is 37.0 Å². The molecule has 0 aromatic heterocycles. The first-order chi connectivity index (χ1) is 5.33. The topological polar surface area (TPSA) is 41.5 Å². The Morgan fingerprint density at radius 3 is 3.09 bits per heavy atom. The molecule has 1 rings (SSSR count). The fourth-order valence-electron chi connectivity index (χ4n) is 1.20. The van der Waals surface area contributed by atoms with Gasteiger partial charge in [-0.05, 0) is 19.8 Å². The average Bonchev–Trinajstić information content (AvgIpc) is 2.52. The van der Waals surface area contributed by atoms with Crippen molar-refractivity contribution in [2.75, 3.05) is 19.8 Å². The Labute approximate surface area is 67.7 Å². The van der Waals surface area contributed by atoms with Crippen LogP contribution in [0.5, 0.6) is 0 Å². The summed E-state index contributed by atoms with van der Waals surface area (Å²) in [6.45, 7) is 3.95. The van der Waals surface area contributed by atoms with Crippen LogP contribution in [0.2, 0.25) is 0 Å². The molecule has 66 valence electrons. The molecule has 1 aliphatic heterocycles. The van der Waals surface area contributed by atoms with Crippen molar-refractivity contribution in [1.82, 2.24) is 5.32 Å². The molecule has 0 radical (unpaired) electrons. The van der Waals surface area contributed by atoms with Crippen molar-refractivity contribution in [3.05, 3.63) is 0 Å². The minimum absolute atomic E-state index is 0.194. The Morgan fingerprint density at radius 2 is 2.55 bits per heavy atom. The lowest BCUT2D eigenvalue weighted by Crippen LogP contribution is -2.35. The van der Waals surface area contributed by atoms with Crippen molar-refractivity contribution >= 4 is 0 Å². The van der Waals surface area contributed by atoms with Crippen molar-refractivity contribution in [1.29, 1.82) is 0 Å². The molecule has 1 saturated heterocycles. The molecule has 1 aliphatic rings. The number of aliphatic hydroxyl groups is 1. The number of ether oxygens (including phenoxy) is 1. The fraction of sp³-hybridized carbons (Fsp3) is 1.00. The number of aliphatic hydroxyl groups excluding tert-OH is 1. The van der Waals surface area contributed by atoms with Gasteiger partial charge in [0, 0.05) is 19.2 Å². The van der Waals surface area contributed by atoms with E-state index in [1.807, 2.05) is 6.92 Å². The molecule has 1 heterocycles. The van der Waals surface area contributed by atoms with E-state index in [2.05, 4.69) is 5.32 Å². The second kappa shape index (κ2) is 4.70. The molecule has 0 aromatic rings. The van der Waals surface area contributed by atoms with Gasteiger partial charge in [0.25, 0.3) is 0 Å². The molecule has 11 heavy (non-hydrogen) atoms. The van der Waals surface area contributed by atoms with Crippen LogP contribution in [0.15, 0.2) is 0 Å². The highest BCUT2D eigenvalue weighted by Gasteiger charge is 2.15. The van der Waals surface area contributed by atoms with Crippen LogP contribution in [0.4, 0.5) is 0 Å². The number of hydrogen-bond acceptors (Lipinski definition) is 3. The van der Waals surface area contributed by atoms with Crippen LogP contribution >= 0.6 is 0 Å². The summed E-state index contributed by atoms with van der Waals surface area (Å²) >= 11 is 0. The molecule has 3 heteroatoms. The summed E-state index contributed by atoms with van der Waals surface area (Å²) in [6.07, 6.45) is 2.72. The largest absolute Gasteiger partial charge is 0.395 e. The Balaban J connectivity index is 2.01. The van der Waals surface area contributed by atoms with Crippen LogP contribution in [0.3, 0.4) is 0 Å². The summed E-state index contributed by atoms with van der Waals surface area (Å²) in [7, 11) is 0. The molecule has 0 spiro atoms. The van der Waals surface area contributed by atoms with E-state index in [0.29, 0.717) is 6.10 Å². The van der Waals surface area contributed by atoms with Crippen molar-refractivity contribution in [2.24, 2.45) is 0 Å². The van der Waals surface area contributed by atoms with E-state index < -0.39 is 0 Å². The van der Waals surface area contributed by atoms with Gasteiger partial charge in [-0.2, -0.15) is 0 Å². The van der Waals surface area contributed by atoms with Crippen LogP contribution in [0, 0.1) is 0 Å². The number of hydrogen-bond donors (Lipinski definition) is 2. The zero-order valence-corrected chi connectivity index (χ0v) is 7.05. The molecule has 0 bridgehead atoms. The van der Waals surface area contributed by atoms with Crippen LogP contribution < -0.4 is 5.32 Å². The molecule has 0 aromatic carbocycles. The fourth-order valence-corrected chi connectivity index (χ4v) is 1.20. The lowest BCUT2D eigenvalue weighted by molar-refractivity contribution is 0.105. The zero-order valence-electron chi connectivity index (χ0n) is 7.05. The van der Waals surface area contributed by atoms with E-state index in [1.54, 1.807) is 0 Å². The monoisotopic (exact) mass is 159 g/mol. The highest BCUT2D eigenvalue weighted by Crippen LogP contribution is 2.10. The molecule has 0 amide bonds. The maximum Gasteiger partial charge on any atom is 0.0700 e. The summed E-state index contributed by atoms with van der Waals surface area (Å²) < 4.78 is 5.40. The van der Waals surface area contributed by atoms with Gasteiger partial charge >= 0.3 is 0 Å². The van der Waals surface area contributed by atoms with Gasteiger partial charge in [0.2, 0.25) is 0 Å². The van der Waals surface area contributed by atoms with E-state index in [0.717, 1.165) is 19.6 Å². The van der Waals surface area contributed by atoms with Gasteiger partial charge in [0.15, 0.2) is 0 Å². The Morgan fingerprint density at radius 1 is 1.73 bits per heavy atom. The van der Waals surface area contributed by atoms with E-state index in [1.165, 1.54) is 6.42 Å². The van der Waals surface area contributed by atoms with Gasteiger partial charge in [-0.25, -0.2) is 0 Å². The quantitative estimate of drug-likeness (QED) is 0.613. The first-order valence-corrected chi connectivity index (χ1v) is 4.28. The molecule has 3 nitrogen and oxygen atoms in total. The van der Waals surface area contributed by atoms with Gasteiger partial charge in [0.05, 0.1) is 12.7 Å². The minimum atomic E-state index is 0.194. The van der Waals surface area contributed by atoms with Crippen molar-refractivity contribution in [3.8, 4) is 0 Å². The third kappa shape index (κ3) is 3.18. The SMILES string of the molecule is CC(CO)NC[C@H]1CCCO1. The summed E-state index contributed by atoms with van der Waals surface area (Å²) in [5.74, 6) is 0. The number of nitrogens with one attached hydrogen (secondary N) is 1. The standard InChI is InChI=1S/C8H17NO2/c1-7(6-10)9-5-8-3-2-4-11-8/h7-10H,2-6H2,1H3/t7?,8-/m1/s1. The predicted molar refractivity (Wildman–Crippen MR) is 43.5 cm³/mol. The molecule has 2 N–H and O–H groups in total. The molecule has 1 fully saturated rings. The van der Waals surface area contributed by atoms with Crippen molar-refractivity contribution in [2.45, 2.75) is 31.9 Å². The second-order valence-corrected chi connectivity index (χ2v) is 3.13. The average molecular weight is 159 g/mol. The van der Waals surface area contributed by atoms with E-state index in [-0.39, 0.29) is 12.6 Å². The summed E-state index contributed by atoms with van der Waals surface area (Å²) in [5, 5.41) is 11.9. The highest BCUT2D eigenvalue weighted by molar-refractivity contribution is 4.69. The maximum absolute atomic E-state index is 8.71. The van der Waals surface area contributed by atoms with Gasteiger partial charge in [-0.15, -0.1) is 0 Å². The summed E-state index contributed by atoms with van der Waals surface area (Å²) in [6, 6.07) is 0.194. The Hall–Kier alpha value is -0.120. The second-order valence-electron chi connectivity index (χ2n) is 3.13. The zero-order chi connectivity index (χ0) is 8.10. The highest BCUT2D eigenvalue weighted by atomic mass is 16.5. The Bertz CT molecular complexity index is 102. The van der Waals surface area contributed by atoms with Gasteiger partial charge < -0.3 is 15.2 Å². The minimum Gasteiger partial charge on any atom is -0.395 e. The third-order valence-corrected chi connectivity index (χ3v) is 1.99. The molecule has 0 saturated carbocycles. The van der Waals surface area contributed by atoms with Gasteiger partial charge in [-0.3, -0.25) is 0 Å². The maximum atomic E-state index is 8.71. The molecular formula is C8H17NO2. The van der Waals surface area contributed by atoms with Crippen LogP contribution in [-0.2, 0) is 4.74 Å². The molecule has 2 atom stereocenters. The van der Waals surface area contributed by atoms with E-state index >= 15 is 0 Å². The third-order valence-electron chi connectivity index (χ3n) is 1.99. The smallest absolute Gasteiger partial charge is 0.0700 e. The lowest BCUT2D eigenvalue weighted by atomic mass is 10.2. The Kier molecular flexibility index (Phi) is 3.83. The predicted octanol–water partition coefficient (Wildman–Crippen LogP) is 0.136. The van der Waals surface area contributed by atoms with Crippen molar-refractivity contribution in [3.63, 3.8) is 0 Å². The first-order valence-electron chi connectivity index (χ1n) is 4.28. The van der Waals surface area contributed by atoms with E-state index in [4.69, 9.17) is 9.84 Å². The summed E-state index contributed by atoms with van der Waals surface area (Å²) in [5.41, 5.74) is 0. The first kappa shape index (κ1) is 8.97. The molecule has 1 unspecified atom stereocenters. The van der Waals surface area contributed by atoms with E-state index in [9.17, 15) is 0 Å². The van der Waals surface area contributed by atoms with Crippen LogP contribution in [0.1, 0.15) is 19.8 Å². The van der Waals surface area contributed by atoms with Gasteiger partial charge in [-0.1, -0.05) is 0 Å². The van der Waals surface area contributed by atoms with Crippen molar-refractivity contribution < 1.29 is 9.84 Å². The lowest BCUT2D eigenvalue weighted by Gasteiger charge is -2.14. The van der Waals surface area contributed by atoms with Crippen LogP contribution in [0.25, 0.3) is 0 Å². The summed E-state index contributed by atoms with van der Waals surface area (Å²) in [4.78, 5) is 0. The van der Waals surface area contributed by atoms with Gasteiger partial charge in [0.1, 0.15) is 0 Å². The molecular weight excluding hydrogens is 142 g/mol. The number of rotatable bonds is 4. The molecule has 0 aliphatic carbocycles.